The molecule has 1 aliphatic heterocycles. The second kappa shape index (κ2) is 5.55. The lowest BCUT2D eigenvalue weighted by Crippen LogP contribution is -2.41. The largest absolute Gasteiger partial charge is 0.354 e. The fourth-order valence-electron chi connectivity index (χ4n) is 2.65. The molecule has 0 bridgehead atoms. The van der Waals surface area contributed by atoms with Crippen molar-refractivity contribution in [3.8, 4) is 0 Å². The lowest BCUT2D eigenvalue weighted by molar-refractivity contribution is -0.122. The zero-order valence-electron chi connectivity index (χ0n) is 11.0. The van der Waals surface area contributed by atoms with Gasteiger partial charge in [0.25, 0.3) is 0 Å². The highest BCUT2D eigenvalue weighted by atomic mass is 32.2. The zero-order valence-corrected chi connectivity index (χ0v) is 11.8. The smallest absolute Gasteiger partial charge is 0.227 e. The zero-order chi connectivity index (χ0) is 13.2. The average Bonchev–Trinajstić information content (AvgIpc) is 3.28. The van der Waals surface area contributed by atoms with Gasteiger partial charge in [0.1, 0.15) is 0 Å². The van der Waals surface area contributed by atoms with Gasteiger partial charge in [-0.05, 0) is 42.6 Å². The van der Waals surface area contributed by atoms with Crippen LogP contribution in [0.1, 0.15) is 30.7 Å². The van der Waals surface area contributed by atoms with Crippen LogP contribution in [0, 0.1) is 5.92 Å². The van der Waals surface area contributed by atoms with E-state index < -0.39 is 0 Å². The summed E-state index contributed by atoms with van der Waals surface area (Å²) < 4.78 is 0. The Morgan fingerprint density at radius 1 is 1.37 bits per heavy atom. The average molecular weight is 276 g/mol. The van der Waals surface area contributed by atoms with E-state index in [-0.39, 0.29) is 17.9 Å². The molecule has 0 spiro atoms. The van der Waals surface area contributed by atoms with Gasteiger partial charge >= 0.3 is 0 Å². The van der Waals surface area contributed by atoms with Gasteiger partial charge in [0.2, 0.25) is 5.91 Å². The summed E-state index contributed by atoms with van der Waals surface area (Å²) in [6, 6.07) is 8.37. The Balaban J connectivity index is 1.63. The maximum absolute atomic E-state index is 12.3. The van der Waals surface area contributed by atoms with Crippen LogP contribution in [0.4, 0.5) is 0 Å². The molecule has 102 valence electrons. The van der Waals surface area contributed by atoms with Crippen molar-refractivity contribution in [3.05, 3.63) is 29.8 Å². The van der Waals surface area contributed by atoms with Gasteiger partial charge in [-0.15, -0.1) is 11.8 Å². The molecule has 1 aliphatic carbocycles. The van der Waals surface area contributed by atoms with Gasteiger partial charge in [0.15, 0.2) is 0 Å². The van der Waals surface area contributed by atoms with Gasteiger partial charge in [-0.25, -0.2) is 0 Å². The van der Waals surface area contributed by atoms with E-state index in [1.54, 1.807) is 0 Å². The number of carbonyl (C=O) groups is 1. The van der Waals surface area contributed by atoms with Gasteiger partial charge < -0.3 is 11.1 Å². The van der Waals surface area contributed by atoms with E-state index >= 15 is 0 Å². The molecule has 2 atom stereocenters. The molecule has 0 aromatic heterocycles. The molecule has 19 heavy (non-hydrogen) atoms. The van der Waals surface area contributed by atoms with Crippen LogP contribution in [-0.4, -0.2) is 24.2 Å². The van der Waals surface area contributed by atoms with Crippen LogP contribution in [0.5, 0.6) is 0 Å². The molecule has 1 fully saturated rings. The number of hydrogen-bond donors (Lipinski definition) is 2. The molecule has 1 saturated carbocycles. The molecule has 4 heteroatoms. The van der Waals surface area contributed by atoms with Gasteiger partial charge in [0, 0.05) is 17.5 Å². The summed E-state index contributed by atoms with van der Waals surface area (Å²) in [6.07, 6.45) is 3.37. The molecule has 0 radical (unpaired) electrons. The van der Waals surface area contributed by atoms with Crippen molar-refractivity contribution in [1.82, 2.24) is 5.32 Å². The lowest BCUT2D eigenvalue weighted by atomic mass is 9.95. The molecule has 3 rings (SSSR count). The number of nitrogens with two attached hydrogens (primary N) is 1. The van der Waals surface area contributed by atoms with Gasteiger partial charge in [0.05, 0.1) is 5.92 Å². The number of hydrogen-bond acceptors (Lipinski definition) is 3. The van der Waals surface area contributed by atoms with E-state index in [0.717, 1.165) is 12.2 Å². The first-order valence-corrected chi connectivity index (χ1v) is 7.99. The molecule has 3 nitrogen and oxygen atoms in total. The number of nitrogens with one attached hydrogen (secondary N) is 1. The molecule has 2 unspecified atom stereocenters. The van der Waals surface area contributed by atoms with Gasteiger partial charge in [-0.1, -0.05) is 18.2 Å². The van der Waals surface area contributed by atoms with Crippen LogP contribution in [0.2, 0.25) is 0 Å². The Morgan fingerprint density at radius 3 is 2.95 bits per heavy atom. The van der Waals surface area contributed by atoms with E-state index in [4.69, 9.17) is 5.73 Å². The Bertz CT molecular complexity index is 473. The number of rotatable bonds is 4. The highest BCUT2D eigenvalue weighted by molar-refractivity contribution is 7.99. The standard InChI is InChI=1S/C15H20N2OS/c16-13(10-5-6-10)9-17-15(18)12-7-8-19-14-4-2-1-3-11(12)14/h1-4,10,12-13H,5-9,16H2,(H,17,18). The minimum atomic E-state index is 0.00357. The first-order chi connectivity index (χ1) is 9.25. The minimum absolute atomic E-state index is 0.00357. The van der Waals surface area contributed by atoms with E-state index in [9.17, 15) is 4.79 Å². The molecule has 1 amide bonds. The summed E-state index contributed by atoms with van der Waals surface area (Å²) in [5.41, 5.74) is 7.21. The molecule has 1 aromatic rings. The van der Waals surface area contributed by atoms with Gasteiger partial charge in [-0.2, -0.15) is 0 Å². The highest BCUT2D eigenvalue weighted by Crippen LogP contribution is 2.37. The fourth-order valence-corrected chi connectivity index (χ4v) is 3.77. The Morgan fingerprint density at radius 2 is 2.16 bits per heavy atom. The fraction of sp³-hybridized carbons (Fsp3) is 0.533. The predicted octanol–water partition coefficient (Wildman–Crippen LogP) is 2.12. The normalized spacial score (nSPS) is 23.5. The second-order valence-electron chi connectivity index (χ2n) is 5.47. The monoisotopic (exact) mass is 276 g/mol. The number of thioether (sulfide) groups is 1. The number of benzene rings is 1. The number of carbonyl (C=O) groups excluding carboxylic acids is 1. The lowest BCUT2D eigenvalue weighted by Gasteiger charge is -2.24. The third-order valence-electron chi connectivity index (χ3n) is 4.01. The molecule has 2 aliphatic rings. The van der Waals surface area contributed by atoms with Crippen LogP contribution < -0.4 is 11.1 Å². The van der Waals surface area contributed by atoms with Crippen molar-refractivity contribution >= 4 is 17.7 Å². The summed E-state index contributed by atoms with van der Waals surface area (Å²) in [6.45, 7) is 0.620. The Hall–Kier alpha value is -1.00. The first kappa shape index (κ1) is 13.0. The van der Waals surface area contributed by atoms with Crippen LogP contribution in [0.3, 0.4) is 0 Å². The van der Waals surface area contributed by atoms with E-state index in [1.807, 2.05) is 23.9 Å². The van der Waals surface area contributed by atoms with Crippen molar-refractivity contribution < 1.29 is 4.79 Å². The van der Waals surface area contributed by atoms with Crippen molar-refractivity contribution in [3.63, 3.8) is 0 Å². The third-order valence-corrected chi connectivity index (χ3v) is 5.14. The summed E-state index contributed by atoms with van der Waals surface area (Å²) >= 11 is 1.84. The summed E-state index contributed by atoms with van der Waals surface area (Å²) in [5, 5.41) is 3.04. The maximum atomic E-state index is 12.3. The quantitative estimate of drug-likeness (QED) is 0.885. The van der Waals surface area contributed by atoms with Gasteiger partial charge in [-0.3, -0.25) is 4.79 Å². The van der Waals surface area contributed by atoms with Crippen LogP contribution >= 0.6 is 11.8 Å². The highest BCUT2D eigenvalue weighted by Gasteiger charge is 2.30. The number of fused-ring (bicyclic) bond motifs is 1. The number of amides is 1. The molecule has 0 saturated heterocycles. The molecule has 1 heterocycles. The van der Waals surface area contributed by atoms with Crippen molar-refractivity contribution in [2.45, 2.75) is 36.1 Å². The van der Waals surface area contributed by atoms with Crippen LogP contribution in [-0.2, 0) is 4.79 Å². The van der Waals surface area contributed by atoms with E-state index in [1.165, 1.54) is 23.3 Å². The summed E-state index contributed by atoms with van der Waals surface area (Å²) in [4.78, 5) is 13.6. The van der Waals surface area contributed by atoms with Crippen molar-refractivity contribution in [2.75, 3.05) is 12.3 Å². The van der Waals surface area contributed by atoms with Crippen LogP contribution in [0.15, 0.2) is 29.2 Å². The first-order valence-electron chi connectivity index (χ1n) is 7.00. The Kier molecular flexibility index (Phi) is 3.80. The van der Waals surface area contributed by atoms with E-state index in [2.05, 4.69) is 17.4 Å². The molecule has 1 aromatic carbocycles. The Labute approximate surface area is 118 Å². The molecular weight excluding hydrogens is 256 g/mol. The van der Waals surface area contributed by atoms with E-state index in [0.29, 0.717) is 12.5 Å². The maximum Gasteiger partial charge on any atom is 0.227 e. The third kappa shape index (κ3) is 2.95. The molecular formula is C15H20N2OS. The summed E-state index contributed by atoms with van der Waals surface area (Å²) in [5.74, 6) is 1.80. The predicted molar refractivity (Wildman–Crippen MR) is 78.2 cm³/mol. The van der Waals surface area contributed by atoms with Crippen molar-refractivity contribution in [2.24, 2.45) is 11.7 Å². The molecule has 3 N–H and O–H groups in total. The minimum Gasteiger partial charge on any atom is -0.354 e. The van der Waals surface area contributed by atoms with Crippen LogP contribution in [0.25, 0.3) is 0 Å². The second-order valence-corrected chi connectivity index (χ2v) is 6.61. The topological polar surface area (TPSA) is 55.1 Å². The SMILES string of the molecule is NC(CNC(=O)C1CCSc2ccccc21)C1CC1. The van der Waals surface area contributed by atoms with Crippen molar-refractivity contribution in [1.29, 1.82) is 0 Å². The summed E-state index contributed by atoms with van der Waals surface area (Å²) in [7, 11) is 0.